The molecule has 0 aromatic carbocycles. The number of anilines is 1. The molecule has 1 aromatic rings. The summed E-state index contributed by atoms with van der Waals surface area (Å²) >= 11 is 0. The lowest BCUT2D eigenvalue weighted by Crippen LogP contribution is -2.26. The van der Waals surface area contributed by atoms with E-state index < -0.39 is 5.97 Å². The van der Waals surface area contributed by atoms with Gasteiger partial charge in [-0.3, -0.25) is 4.79 Å². The van der Waals surface area contributed by atoms with Gasteiger partial charge in [0.2, 0.25) is 5.91 Å². The van der Waals surface area contributed by atoms with Crippen LogP contribution >= 0.6 is 0 Å². The molecule has 0 fully saturated rings. The van der Waals surface area contributed by atoms with Gasteiger partial charge in [-0.1, -0.05) is 6.92 Å². The van der Waals surface area contributed by atoms with Crippen LogP contribution in [0.3, 0.4) is 0 Å². The Morgan fingerprint density at radius 2 is 2.06 bits per heavy atom. The summed E-state index contributed by atoms with van der Waals surface area (Å²) in [6.07, 6.45) is 0.668. The third kappa shape index (κ3) is 4.40. The first kappa shape index (κ1) is 14.0. The van der Waals surface area contributed by atoms with E-state index in [2.05, 4.69) is 15.6 Å². The van der Waals surface area contributed by atoms with Crippen LogP contribution in [0.4, 0.5) is 5.82 Å². The van der Waals surface area contributed by atoms with Crippen molar-refractivity contribution < 1.29 is 14.7 Å². The lowest BCUT2D eigenvalue weighted by molar-refractivity contribution is -0.118. The average Bonchev–Trinajstić information content (AvgIpc) is 2.34. The zero-order chi connectivity index (χ0) is 13.5. The Hall–Kier alpha value is -2.11. The molecule has 3 N–H and O–H groups in total. The van der Waals surface area contributed by atoms with Gasteiger partial charge in [-0.25, -0.2) is 9.78 Å². The number of carbonyl (C=O) groups excluding carboxylic acids is 1. The molecule has 0 aliphatic heterocycles. The molecule has 1 rings (SSSR count). The highest BCUT2D eigenvalue weighted by atomic mass is 16.4. The highest BCUT2D eigenvalue weighted by molar-refractivity contribution is 5.88. The van der Waals surface area contributed by atoms with Crippen LogP contribution in [0, 0.1) is 0 Å². The van der Waals surface area contributed by atoms with Gasteiger partial charge in [-0.15, -0.1) is 0 Å². The van der Waals surface area contributed by atoms with E-state index in [1.165, 1.54) is 13.0 Å². The molecule has 0 atom stereocenters. The van der Waals surface area contributed by atoms with Gasteiger partial charge in [-0.05, 0) is 18.6 Å². The molecule has 1 heterocycles. The molecule has 6 nitrogen and oxygen atoms in total. The van der Waals surface area contributed by atoms with Crippen molar-refractivity contribution in [3.8, 4) is 0 Å². The summed E-state index contributed by atoms with van der Waals surface area (Å²) < 4.78 is 0. The van der Waals surface area contributed by atoms with Gasteiger partial charge in [0.1, 0.15) is 5.82 Å². The lowest BCUT2D eigenvalue weighted by atomic mass is 10.2. The van der Waals surface area contributed by atoms with Crippen molar-refractivity contribution in [1.82, 2.24) is 10.3 Å². The molecule has 0 saturated heterocycles. The normalized spacial score (nSPS) is 9.89. The molecule has 0 aliphatic rings. The van der Waals surface area contributed by atoms with E-state index in [4.69, 9.17) is 5.11 Å². The first-order valence-electron chi connectivity index (χ1n) is 5.75. The summed E-state index contributed by atoms with van der Waals surface area (Å²) in [7, 11) is 0. The molecule has 0 aliphatic carbocycles. The van der Waals surface area contributed by atoms with E-state index in [0.717, 1.165) is 5.69 Å². The standard InChI is InChI=1S/C12H17N3O3/c1-3-10-6-9(12(17)18)7-11(15-10)14-5-4-13-8(2)16/h6-7H,3-5H2,1-2H3,(H,13,16)(H,14,15)(H,17,18). The number of amides is 1. The Labute approximate surface area is 105 Å². The van der Waals surface area contributed by atoms with Crippen LogP contribution < -0.4 is 10.6 Å². The first-order valence-corrected chi connectivity index (χ1v) is 5.75. The molecular formula is C12H17N3O3. The fourth-order valence-electron chi connectivity index (χ4n) is 1.41. The zero-order valence-corrected chi connectivity index (χ0v) is 10.5. The van der Waals surface area contributed by atoms with Gasteiger partial charge in [-0.2, -0.15) is 0 Å². The van der Waals surface area contributed by atoms with Crippen LogP contribution in [-0.4, -0.2) is 35.1 Å². The van der Waals surface area contributed by atoms with Gasteiger partial charge < -0.3 is 15.7 Å². The van der Waals surface area contributed by atoms with E-state index in [9.17, 15) is 9.59 Å². The second-order valence-corrected chi connectivity index (χ2v) is 3.80. The van der Waals surface area contributed by atoms with Crippen molar-refractivity contribution in [2.45, 2.75) is 20.3 Å². The molecule has 18 heavy (non-hydrogen) atoms. The van der Waals surface area contributed by atoms with Crippen molar-refractivity contribution in [3.63, 3.8) is 0 Å². The maximum absolute atomic E-state index is 10.9. The monoisotopic (exact) mass is 251 g/mol. The summed E-state index contributed by atoms with van der Waals surface area (Å²) in [5.74, 6) is -0.563. The second-order valence-electron chi connectivity index (χ2n) is 3.80. The second kappa shape index (κ2) is 6.58. The number of pyridine rings is 1. The molecule has 0 spiro atoms. The zero-order valence-electron chi connectivity index (χ0n) is 10.5. The van der Waals surface area contributed by atoms with Gasteiger partial charge in [0.15, 0.2) is 0 Å². The van der Waals surface area contributed by atoms with Crippen molar-refractivity contribution in [1.29, 1.82) is 0 Å². The van der Waals surface area contributed by atoms with Crippen molar-refractivity contribution in [2.75, 3.05) is 18.4 Å². The van der Waals surface area contributed by atoms with Crippen LogP contribution in [-0.2, 0) is 11.2 Å². The quantitative estimate of drug-likeness (QED) is 0.653. The molecule has 0 bridgehead atoms. The number of carboxylic acid groups (broad SMARTS) is 1. The van der Waals surface area contributed by atoms with E-state index in [-0.39, 0.29) is 11.5 Å². The summed E-state index contributed by atoms with van der Waals surface area (Å²) in [5, 5.41) is 14.6. The molecule has 0 unspecified atom stereocenters. The molecule has 0 saturated carbocycles. The van der Waals surface area contributed by atoms with Crippen LogP contribution in [0.2, 0.25) is 0 Å². The van der Waals surface area contributed by atoms with E-state index in [1.807, 2.05) is 6.92 Å². The fraction of sp³-hybridized carbons (Fsp3) is 0.417. The largest absolute Gasteiger partial charge is 0.478 e. The molecule has 1 amide bonds. The van der Waals surface area contributed by atoms with Crippen LogP contribution in [0.15, 0.2) is 12.1 Å². The molecule has 6 heteroatoms. The summed E-state index contributed by atoms with van der Waals surface area (Å²) in [4.78, 5) is 25.9. The van der Waals surface area contributed by atoms with Gasteiger partial charge in [0.05, 0.1) is 5.56 Å². The SMILES string of the molecule is CCc1cc(C(=O)O)cc(NCCNC(C)=O)n1. The topological polar surface area (TPSA) is 91.3 Å². The van der Waals surface area contributed by atoms with Crippen LogP contribution in [0.25, 0.3) is 0 Å². The third-order valence-corrected chi connectivity index (χ3v) is 2.29. The molecule has 0 radical (unpaired) electrons. The van der Waals surface area contributed by atoms with Crippen molar-refractivity contribution in [3.05, 3.63) is 23.4 Å². The van der Waals surface area contributed by atoms with E-state index in [1.54, 1.807) is 6.07 Å². The fourth-order valence-corrected chi connectivity index (χ4v) is 1.41. The van der Waals surface area contributed by atoms with Gasteiger partial charge in [0, 0.05) is 25.7 Å². The Morgan fingerprint density at radius 1 is 1.33 bits per heavy atom. The Balaban J connectivity index is 2.66. The maximum atomic E-state index is 10.9. The van der Waals surface area contributed by atoms with Crippen molar-refractivity contribution in [2.24, 2.45) is 0 Å². The van der Waals surface area contributed by atoms with Gasteiger partial charge >= 0.3 is 5.97 Å². The first-order chi connectivity index (χ1) is 8.52. The third-order valence-electron chi connectivity index (χ3n) is 2.29. The number of rotatable bonds is 6. The predicted molar refractivity (Wildman–Crippen MR) is 67.7 cm³/mol. The number of hydrogen-bond donors (Lipinski definition) is 3. The molecule has 98 valence electrons. The summed E-state index contributed by atoms with van der Waals surface area (Å²) in [5.41, 5.74) is 0.931. The average molecular weight is 251 g/mol. The van der Waals surface area contributed by atoms with Crippen molar-refractivity contribution >= 4 is 17.7 Å². The minimum absolute atomic E-state index is 0.0988. The van der Waals surface area contributed by atoms with Gasteiger partial charge in [0.25, 0.3) is 0 Å². The number of aromatic carboxylic acids is 1. The Kier molecular flexibility index (Phi) is 5.10. The minimum atomic E-state index is -0.975. The smallest absolute Gasteiger partial charge is 0.335 e. The minimum Gasteiger partial charge on any atom is -0.478 e. The van der Waals surface area contributed by atoms with E-state index in [0.29, 0.717) is 25.3 Å². The number of aryl methyl sites for hydroxylation is 1. The predicted octanol–water partition coefficient (Wildman–Crippen LogP) is 0.890. The number of hydrogen-bond acceptors (Lipinski definition) is 4. The number of aromatic nitrogens is 1. The Morgan fingerprint density at radius 3 is 2.61 bits per heavy atom. The maximum Gasteiger partial charge on any atom is 0.335 e. The van der Waals surface area contributed by atoms with E-state index >= 15 is 0 Å². The van der Waals surface area contributed by atoms with Crippen LogP contribution in [0.1, 0.15) is 29.9 Å². The van der Waals surface area contributed by atoms with Crippen LogP contribution in [0.5, 0.6) is 0 Å². The molecule has 1 aromatic heterocycles. The molecular weight excluding hydrogens is 234 g/mol. The summed E-state index contributed by atoms with van der Waals surface area (Å²) in [6, 6.07) is 3.04. The summed E-state index contributed by atoms with van der Waals surface area (Å²) in [6.45, 7) is 4.32. The highest BCUT2D eigenvalue weighted by Gasteiger charge is 2.07. The number of nitrogens with zero attached hydrogens (tertiary/aromatic N) is 1. The lowest BCUT2D eigenvalue weighted by Gasteiger charge is -2.08. The number of carbonyl (C=O) groups is 2. The number of nitrogens with one attached hydrogen (secondary N) is 2. The highest BCUT2D eigenvalue weighted by Crippen LogP contribution is 2.11. The Bertz CT molecular complexity index is 446. The number of carboxylic acids is 1.